The predicted octanol–water partition coefficient (Wildman–Crippen LogP) is 3.70. The molecule has 0 fully saturated rings. The molecule has 1 aliphatic rings. The number of methoxy groups -OCH3 is 1. The van der Waals surface area contributed by atoms with Crippen molar-refractivity contribution in [1.82, 2.24) is 0 Å². The molecule has 0 aromatic carbocycles. The standard InChI is InChI=1S/C27H39ClO10/c1-6-7-8-9-10-11-15-27(34)16-20(28)24(33)23(27)26(38-19(4)31)25(37-18(3)30)21(36-17(2)29)13-12-14-22(32)35-5/h10-11,16,21,23,25-26,34H,6-9,12-15H2,1-5H3/b11-10-/t21-,23-,25+,26+,27-/m0/s1. The third-order valence-electron chi connectivity index (χ3n) is 6.06. The lowest BCUT2D eigenvalue weighted by Gasteiger charge is -2.39. The highest BCUT2D eigenvalue weighted by Crippen LogP contribution is 2.41. The van der Waals surface area contributed by atoms with Gasteiger partial charge in [0, 0.05) is 27.2 Å². The molecule has 1 rings (SSSR count). The first-order valence-electron chi connectivity index (χ1n) is 12.7. The Morgan fingerprint density at radius 3 is 2.21 bits per heavy atom. The van der Waals surface area contributed by atoms with Crippen molar-refractivity contribution in [3.63, 3.8) is 0 Å². The Labute approximate surface area is 228 Å². The van der Waals surface area contributed by atoms with Gasteiger partial charge in [0.2, 0.25) is 0 Å². The number of esters is 4. The number of carbonyl (C=O) groups is 5. The third kappa shape index (κ3) is 10.6. The first-order valence-corrected chi connectivity index (χ1v) is 13.1. The summed E-state index contributed by atoms with van der Waals surface area (Å²) < 4.78 is 21.0. The smallest absolute Gasteiger partial charge is 0.305 e. The fraction of sp³-hybridized carbons (Fsp3) is 0.667. The van der Waals surface area contributed by atoms with Crippen molar-refractivity contribution >= 4 is 41.3 Å². The van der Waals surface area contributed by atoms with Gasteiger partial charge >= 0.3 is 23.9 Å². The zero-order valence-corrected chi connectivity index (χ0v) is 23.5. The van der Waals surface area contributed by atoms with E-state index >= 15 is 0 Å². The van der Waals surface area contributed by atoms with Gasteiger partial charge in [-0.3, -0.25) is 24.0 Å². The number of hydrogen-bond acceptors (Lipinski definition) is 10. The summed E-state index contributed by atoms with van der Waals surface area (Å²) in [6.07, 6.45) is 4.48. The van der Waals surface area contributed by atoms with Crippen LogP contribution in [0.2, 0.25) is 0 Å². The fourth-order valence-electron chi connectivity index (χ4n) is 4.39. The van der Waals surface area contributed by atoms with Gasteiger partial charge in [-0.2, -0.15) is 0 Å². The molecule has 11 heteroatoms. The van der Waals surface area contributed by atoms with E-state index in [0.717, 1.165) is 46.5 Å². The van der Waals surface area contributed by atoms with Crippen molar-refractivity contribution < 1.29 is 48.0 Å². The van der Waals surface area contributed by atoms with Gasteiger partial charge in [-0.25, -0.2) is 0 Å². The second-order valence-corrected chi connectivity index (χ2v) is 9.67. The molecule has 0 unspecified atom stereocenters. The first kappa shape index (κ1) is 33.3. The molecule has 0 saturated carbocycles. The average molecular weight is 559 g/mol. The predicted molar refractivity (Wildman–Crippen MR) is 138 cm³/mol. The van der Waals surface area contributed by atoms with Gasteiger partial charge < -0.3 is 24.1 Å². The molecule has 5 atom stereocenters. The second kappa shape index (κ2) is 16.3. The quantitative estimate of drug-likeness (QED) is 0.129. The van der Waals surface area contributed by atoms with E-state index in [0.29, 0.717) is 0 Å². The average Bonchev–Trinajstić information content (AvgIpc) is 3.05. The van der Waals surface area contributed by atoms with E-state index in [9.17, 15) is 29.1 Å². The maximum atomic E-state index is 13.2. The lowest BCUT2D eigenvalue weighted by Crippen LogP contribution is -2.55. The van der Waals surface area contributed by atoms with E-state index in [4.69, 9.17) is 25.8 Å². The van der Waals surface area contributed by atoms with Crippen LogP contribution in [0.1, 0.15) is 79.1 Å². The maximum Gasteiger partial charge on any atom is 0.305 e. The van der Waals surface area contributed by atoms with E-state index in [1.54, 1.807) is 6.08 Å². The minimum atomic E-state index is -1.87. The molecule has 0 saturated heterocycles. The molecular weight excluding hydrogens is 520 g/mol. The molecule has 10 nitrogen and oxygen atoms in total. The molecule has 0 aromatic rings. The number of allylic oxidation sites excluding steroid dienone is 2. The van der Waals surface area contributed by atoms with Gasteiger partial charge in [0.15, 0.2) is 18.0 Å². The largest absolute Gasteiger partial charge is 0.469 e. The molecule has 0 amide bonds. The number of aliphatic hydroxyl groups is 1. The highest BCUT2D eigenvalue weighted by Gasteiger charge is 2.56. The lowest BCUT2D eigenvalue weighted by molar-refractivity contribution is -0.194. The third-order valence-corrected chi connectivity index (χ3v) is 6.35. The number of unbranched alkanes of at least 4 members (excludes halogenated alkanes) is 3. The van der Waals surface area contributed by atoms with Crippen molar-refractivity contribution in [1.29, 1.82) is 0 Å². The van der Waals surface area contributed by atoms with Crippen molar-refractivity contribution in [2.45, 2.75) is 103 Å². The number of halogens is 1. The van der Waals surface area contributed by atoms with Crippen molar-refractivity contribution in [3.05, 3.63) is 23.3 Å². The van der Waals surface area contributed by atoms with Gasteiger partial charge in [0.25, 0.3) is 0 Å². The zero-order chi connectivity index (χ0) is 28.9. The second-order valence-electron chi connectivity index (χ2n) is 9.26. The van der Waals surface area contributed by atoms with E-state index in [-0.39, 0.29) is 30.7 Å². The summed E-state index contributed by atoms with van der Waals surface area (Å²) in [6.45, 7) is 5.42. The Morgan fingerprint density at radius 1 is 1.03 bits per heavy atom. The molecular formula is C27H39ClO10. The van der Waals surface area contributed by atoms with Gasteiger partial charge in [0.1, 0.15) is 11.7 Å². The topological polar surface area (TPSA) is 142 Å². The summed E-state index contributed by atoms with van der Waals surface area (Å²) in [7, 11) is 1.23. The van der Waals surface area contributed by atoms with E-state index < -0.39 is 59.5 Å². The Bertz CT molecular complexity index is 912. The number of Topliss-reactive ketones (excluding diaryl/α,β-unsaturated/α-hetero) is 1. The number of carbonyl (C=O) groups excluding carboxylic acids is 5. The molecule has 0 spiro atoms. The van der Waals surface area contributed by atoms with Crippen LogP contribution in [0.3, 0.4) is 0 Å². The first-order chi connectivity index (χ1) is 17.9. The van der Waals surface area contributed by atoms with Crippen LogP contribution in [0, 0.1) is 5.92 Å². The SMILES string of the molecule is CCCCC/C=C\C[C@]1(O)C=C(Cl)C(=O)[C@H]1[C@@H](OC(C)=O)[C@H](OC(C)=O)[C@H](CCCC(=O)OC)OC(C)=O. The molecule has 0 bridgehead atoms. The minimum Gasteiger partial charge on any atom is -0.469 e. The van der Waals surface area contributed by atoms with E-state index in [2.05, 4.69) is 11.7 Å². The molecule has 214 valence electrons. The summed E-state index contributed by atoms with van der Waals surface area (Å²) in [5.41, 5.74) is -1.87. The van der Waals surface area contributed by atoms with Crippen molar-refractivity contribution in [2.24, 2.45) is 5.92 Å². The highest BCUT2D eigenvalue weighted by molar-refractivity contribution is 6.44. The Kier molecular flexibility index (Phi) is 14.3. The Morgan fingerprint density at radius 2 is 1.66 bits per heavy atom. The van der Waals surface area contributed by atoms with Gasteiger partial charge in [-0.1, -0.05) is 43.5 Å². The molecule has 0 heterocycles. The van der Waals surface area contributed by atoms with Crippen LogP contribution < -0.4 is 0 Å². The molecule has 1 aliphatic carbocycles. The zero-order valence-electron chi connectivity index (χ0n) is 22.7. The molecule has 38 heavy (non-hydrogen) atoms. The summed E-state index contributed by atoms with van der Waals surface area (Å²) in [5.74, 6) is -5.03. The van der Waals surface area contributed by atoms with Crippen molar-refractivity contribution in [3.8, 4) is 0 Å². The van der Waals surface area contributed by atoms with E-state index in [1.165, 1.54) is 13.2 Å². The molecule has 0 radical (unpaired) electrons. The summed E-state index contributed by atoms with van der Waals surface area (Å²) in [6, 6.07) is 0. The summed E-state index contributed by atoms with van der Waals surface area (Å²) in [5, 5.41) is 11.3. The number of rotatable bonds is 16. The summed E-state index contributed by atoms with van der Waals surface area (Å²) in [4.78, 5) is 61.0. The van der Waals surface area contributed by atoms with Gasteiger partial charge in [-0.15, -0.1) is 0 Å². The van der Waals surface area contributed by atoms with Crippen LogP contribution in [-0.2, 0) is 42.9 Å². The minimum absolute atomic E-state index is 0.00220. The summed E-state index contributed by atoms with van der Waals surface area (Å²) >= 11 is 6.15. The maximum absolute atomic E-state index is 13.2. The highest BCUT2D eigenvalue weighted by atomic mass is 35.5. The molecule has 0 aliphatic heterocycles. The number of ether oxygens (including phenoxy) is 4. The lowest BCUT2D eigenvalue weighted by atomic mass is 9.79. The molecule has 0 aromatic heterocycles. The van der Waals surface area contributed by atoms with Crippen LogP contribution in [0.15, 0.2) is 23.3 Å². The monoisotopic (exact) mass is 558 g/mol. The fourth-order valence-corrected chi connectivity index (χ4v) is 4.70. The normalized spacial score (nSPS) is 21.4. The Hall–Kier alpha value is -2.72. The van der Waals surface area contributed by atoms with Crippen LogP contribution in [0.25, 0.3) is 0 Å². The van der Waals surface area contributed by atoms with Crippen LogP contribution in [-0.4, -0.2) is 65.8 Å². The molecule has 1 N–H and O–H groups in total. The van der Waals surface area contributed by atoms with Crippen molar-refractivity contribution in [2.75, 3.05) is 7.11 Å². The van der Waals surface area contributed by atoms with Gasteiger partial charge in [-0.05, 0) is 38.2 Å². The van der Waals surface area contributed by atoms with Gasteiger partial charge in [0.05, 0.1) is 18.1 Å². The van der Waals surface area contributed by atoms with E-state index in [1.807, 2.05) is 6.08 Å². The van der Waals surface area contributed by atoms with Crippen LogP contribution >= 0.6 is 11.6 Å². The van der Waals surface area contributed by atoms with Crippen LogP contribution in [0.4, 0.5) is 0 Å². The Balaban J connectivity index is 3.44. The number of hydrogen-bond donors (Lipinski definition) is 1. The van der Waals surface area contributed by atoms with Crippen LogP contribution in [0.5, 0.6) is 0 Å². The number of ketones is 1.